The minimum atomic E-state index is -3.26. The number of methoxy groups -OCH3 is 1. The van der Waals surface area contributed by atoms with Crippen LogP contribution in [0.15, 0.2) is 6.04 Å². The Hall–Kier alpha value is -1.23. The largest absolute Gasteiger partial charge is 0.491 e. The normalized spacial score (nSPS) is 15.1. The van der Waals surface area contributed by atoms with E-state index in [1.165, 1.54) is 0 Å². The van der Waals surface area contributed by atoms with Crippen molar-refractivity contribution in [1.29, 1.82) is 0 Å². The molecule has 1 aromatic rings. The van der Waals surface area contributed by atoms with Crippen LogP contribution in [0, 0.1) is 17.5 Å². The van der Waals surface area contributed by atoms with Gasteiger partial charge in [-0.15, -0.1) is 0 Å². The lowest BCUT2D eigenvalue weighted by Crippen LogP contribution is -2.03. The highest BCUT2D eigenvalue weighted by Crippen LogP contribution is 2.27. The highest BCUT2D eigenvalue weighted by atomic mass is 35.5. The third-order valence-electron chi connectivity index (χ3n) is 1.34. The van der Waals surface area contributed by atoms with Gasteiger partial charge in [0.15, 0.2) is 17.4 Å². The fourth-order valence-corrected chi connectivity index (χ4v) is 0.884. The van der Waals surface area contributed by atoms with Crippen molar-refractivity contribution in [1.82, 2.24) is 0 Å². The fourth-order valence-electron chi connectivity index (χ4n) is 0.754. The number of benzene rings is 1. The van der Waals surface area contributed by atoms with Crippen LogP contribution < -0.4 is 4.74 Å². The summed E-state index contributed by atoms with van der Waals surface area (Å²) in [6.45, 7) is 0. The van der Waals surface area contributed by atoms with Crippen LogP contribution in [0.3, 0.4) is 0 Å². The van der Waals surface area contributed by atoms with Crippen LogP contribution in [0.25, 0.3) is 0 Å². The molecule has 0 bridgehead atoms. The Bertz CT molecular complexity index is 518. The summed E-state index contributed by atoms with van der Waals surface area (Å²) in [7, 11) is -3.26. The second-order valence-electron chi connectivity index (χ2n) is 2.15. The number of ether oxygens (including phenoxy) is 1. The molecule has 0 aliphatic heterocycles. The molecule has 0 spiro atoms. The van der Waals surface area contributed by atoms with E-state index in [4.69, 9.17) is 17.1 Å². The molecule has 0 radical (unpaired) electrons. The first-order chi connectivity index (χ1) is 8.06. The summed E-state index contributed by atoms with van der Waals surface area (Å²) in [6, 6.07) is -1.41. The molecule has 1 rings (SSSR count). The standard InChI is InChI=1S/C8H4ClF3O2/c1-14-7-5(11)3(8(9)13)2-4(10)6(7)12/h2H,1H3/i1D3,2D. The van der Waals surface area contributed by atoms with Crippen molar-refractivity contribution in [3.8, 4) is 5.75 Å². The molecular formula is C8H4ClF3O2. The summed E-state index contributed by atoms with van der Waals surface area (Å²) in [5.74, 6) is -7.41. The second kappa shape index (κ2) is 3.88. The third kappa shape index (κ3) is 1.68. The van der Waals surface area contributed by atoms with Gasteiger partial charge in [-0.3, -0.25) is 4.79 Å². The number of carbonyl (C=O) groups is 1. The maximum absolute atomic E-state index is 13.5. The molecule has 0 N–H and O–H groups in total. The van der Waals surface area contributed by atoms with Crippen LogP contribution >= 0.6 is 11.6 Å². The molecule has 0 heterocycles. The second-order valence-corrected chi connectivity index (χ2v) is 2.49. The van der Waals surface area contributed by atoms with E-state index < -0.39 is 47.1 Å². The Kier molecular flexibility index (Phi) is 1.74. The van der Waals surface area contributed by atoms with Gasteiger partial charge in [0.05, 0.1) is 18.1 Å². The van der Waals surface area contributed by atoms with Crippen LogP contribution in [0.1, 0.15) is 15.8 Å². The van der Waals surface area contributed by atoms with Gasteiger partial charge >= 0.3 is 0 Å². The Morgan fingerprint density at radius 2 is 2.21 bits per heavy atom. The van der Waals surface area contributed by atoms with Crippen molar-refractivity contribution in [2.24, 2.45) is 0 Å². The van der Waals surface area contributed by atoms with E-state index >= 15 is 0 Å². The molecule has 2 nitrogen and oxygen atoms in total. The topological polar surface area (TPSA) is 26.3 Å². The monoisotopic (exact) mass is 228 g/mol. The van der Waals surface area contributed by atoms with E-state index in [1.807, 2.05) is 0 Å². The summed E-state index contributed by atoms with van der Waals surface area (Å²) in [6.07, 6.45) is 0. The molecule has 1 aromatic carbocycles. The average Bonchev–Trinajstić information content (AvgIpc) is 2.20. The van der Waals surface area contributed by atoms with E-state index in [0.717, 1.165) is 0 Å². The Morgan fingerprint density at radius 1 is 1.57 bits per heavy atom. The summed E-state index contributed by atoms with van der Waals surface area (Å²) >= 11 is 4.90. The zero-order valence-electron chi connectivity index (χ0n) is 10.3. The van der Waals surface area contributed by atoms with Crippen molar-refractivity contribution < 1.29 is 28.2 Å². The molecule has 0 saturated heterocycles. The zero-order chi connectivity index (χ0) is 14.2. The molecule has 6 heteroatoms. The van der Waals surface area contributed by atoms with E-state index in [2.05, 4.69) is 4.74 Å². The van der Waals surface area contributed by atoms with Crippen molar-refractivity contribution in [2.45, 2.75) is 0 Å². The van der Waals surface area contributed by atoms with E-state index in [1.54, 1.807) is 0 Å². The molecule has 0 aromatic heterocycles. The molecule has 0 amide bonds. The number of rotatable bonds is 2. The van der Waals surface area contributed by atoms with Gasteiger partial charge in [0, 0.05) is 0 Å². The molecule has 0 unspecified atom stereocenters. The van der Waals surface area contributed by atoms with Crippen molar-refractivity contribution in [3.63, 3.8) is 0 Å². The smallest absolute Gasteiger partial charge is 0.255 e. The maximum Gasteiger partial charge on any atom is 0.255 e. The highest BCUT2D eigenvalue weighted by Gasteiger charge is 2.22. The van der Waals surface area contributed by atoms with Crippen molar-refractivity contribution in [2.75, 3.05) is 7.04 Å². The van der Waals surface area contributed by atoms with Crippen LogP contribution in [-0.2, 0) is 0 Å². The molecule has 0 aliphatic carbocycles. The van der Waals surface area contributed by atoms with Crippen LogP contribution in [0.5, 0.6) is 5.75 Å². The van der Waals surface area contributed by atoms with Crippen LogP contribution in [0.4, 0.5) is 13.2 Å². The van der Waals surface area contributed by atoms with Gasteiger partial charge < -0.3 is 4.74 Å². The summed E-state index contributed by atoms with van der Waals surface area (Å²) in [5.41, 5.74) is -1.30. The Balaban J connectivity index is 3.57. The first kappa shape index (κ1) is 6.29. The molecule has 0 fully saturated rings. The van der Waals surface area contributed by atoms with E-state index in [0.29, 0.717) is 0 Å². The molecule has 0 atom stereocenters. The van der Waals surface area contributed by atoms with Gasteiger partial charge in [-0.05, 0) is 17.6 Å². The lowest BCUT2D eigenvalue weighted by molar-refractivity contribution is 0.107. The lowest BCUT2D eigenvalue weighted by atomic mass is 10.2. The molecule has 14 heavy (non-hydrogen) atoms. The molecular weight excluding hydrogens is 221 g/mol. The molecule has 0 aliphatic rings. The van der Waals surface area contributed by atoms with Gasteiger partial charge in [-0.2, -0.15) is 4.39 Å². The first-order valence-electron chi connectivity index (χ1n) is 5.12. The van der Waals surface area contributed by atoms with Gasteiger partial charge in [-0.25, -0.2) is 8.78 Å². The van der Waals surface area contributed by atoms with Gasteiger partial charge in [0.25, 0.3) is 5.24 Å². The number of carbonyl (C=O) groups excluding carboxylic acids is 1. The Morgan fingerprint density at radius 3 is 2.71 bits per heavy atom. The van der Waals surface area contributed by atoms with Crippen LogP contribution in [-0.4, -0.2) is 12.3 Å². The number of halogens is 4. The average molecular weight is 229 g/mol. The molecule has 0 saturated carbocycles. The van der Waals surface area contributed by atoms with Crippen LogP contribution in [0.2, 0.25) is 0 Å². The fraction of sp³-hybridized carbons (Fsp3) is 0.125. The van der Waals surface area contributed by atoms with Crippen molar-refractivity contribution >= 4 is 16.8 Å². The summed E-state index contributed by atoms with van der Waals surface area (Å²) in [5, 5.41) is -1.58. The number of hydrogen-bond donors (Lipinski definition) is 0. The van der Waals surface area contributed by atoms with Gasteiger partial charge in [-0.1, -0.05) is 0 Å². The summed E-state index contributed by atoms with van der Waals surface area (Å²) in [4.78, 5) is 10.8. The SMILES string of the molecule is [2H]c1c(F)c(F)c(OC([2H])([2H])[2H])c(F)c1C(=O)Cl. The lowest BCUT2D eigenvalue weighted by Gasteiger charge is -2.06. The third-order valence-corrected chi connectivity index (χ3v) is 1.53. The predicted octanol–water partition coefficient (Wildman–Crippen LogP) is 2.49. The van der Waals surface area contributed by atoms with Gasteiger partial charge in [0.2, 0.25) is 5.82 Å². The highest BCUT2D eigenvalue weighted by molar-refractivity contribution is 6.67. The molecule has 76 valence electrons. The zero-order valence-corrected chi connectivity index (χ0v) is 7.08. The summed E-state index contributed by atoms with van der Waals surface area (Å²) < 4.78 is 70.8. The maximum atomic E-state index is 13.5. The number of hydrogen-bond acceptors (Lipinski definition) is 2. The van der Waals surface area contributed by atoms with E-state index in [-0.39, 0.29) is 0 Å². The Labute approximate surface area is 87.9 Å². The van der Waals surface area contributed by atoms with E-state index in [9.17, 15) is 18.0 Å². The minimum absolute atomic E-state index is 1.30. The quantitative estimate of drug-likeness (QED) is 0.574. The predicted molar refractivity (Wildman–Crippen MR) is 43.1 cm³/mol. The minimum Gasteiger partial charge on any atom is -0.491 e. The first-order valence-corrected chi connectivity index (χ1v) is 3.50. The van der Waals surface area contributed by atoms with Gasteiger partial charge in [0.1, 0.15) is 0 Å². The van der Waals surface area contributed by atoms with Crippen molar-refractivity contribution in [3.05, 3.63) is 29.1 Å².